The third-order valence-corrected chi connectivity index (χ3v) is 4.38. The van der Waals surface area contributed by atoms with E-state index in [1.807, 2.05) is 30.2 Å². The number of ether oxygens (including phenoxy) is 1. The van der Waals surface area contributed by atoms with E-state index in [-0.39, 0.29) is 18.3 Å². The molecule has 1 amide bonds. The van der Waals surface area contributed by atoms with Crippen LogP contribution in [0.2, 0.25) is 5.02 Å². The van der Waals surface area contributed by atoms with Crippen molar-refractivity contribution in [2.45, 2.75) is 18.9 Å². The summed E-state index contributed by atoms with van der Waals surface area (Å²) in [7, 11) is 1.97. The molecule has 6 heteroatoms. The van der Waals surface area contributed by atoms with Gasteiger partial charge in [0, 0.05) is 29.7 Å². The Morgan fingerprint density at radius 3 is 2.77 bits per heavy atom. The summed E-state index contributed by atoms with van der Waals surface area (Å²) in [5.41, 5.74) is 1.58. The highest BCUT2D eigenvalue weighted by molar-refractivity contribution is 6.30. The molecule has 1 aromatic carbocycles. The summed E-state index contributed by atoms with van der Waals surface area (Å²) < 4.78 is 5.66. The van der Waals surface area contributed by atoms with Gasteiger partial charge in [0.05, 0.1) is 5.57 Å². The van der Waals surface area contributed by atoms with Crippen LogP contribution in [0.3, 0.4) is 0 Å². The number of hydrogen-bond acceptors (Lipinski definition) is 3. The summed E-state index contributed by atoms with van der Waals surface area (Å²) in [6, 6.07) is 5.98. The van der Waals surface area contributed by atoms with Crippen LogP contribution in [0.25, 0.3) is 6.08 Å². The van der Waals surface area contributed by atoms with Gasteiger partial charge in [-0.1, -0.05) is 11.6 Å². The van der Waals surface area contributed by atoms with Crippen LogP contribution in [0.5, 0.6) is 5.75 Å². The maximum Gasteiger partial charge on any atom is 0.253 e. The van der Waals surface area contributed by atoms with E-state index in [1.165, 1.54) is 0 Å². The van der Waals surface area contributed by atoms with E-state index >= 15 is 0 Å². The summed E-state index contributed by atoms with van der Waals surface area (Å²) >= 11 is 6.00. The van der Waals surface area contributed by atoms with Gasteiger partial charge >= 0.3 is 0 Å². The number of amides is 1. The van der Waals surface area contributed by atoms with Gasteiger partial charge in [0.15, 0.2) is 0 Å². The molecule has 0 unspecified atom stereocenters. The molecule has 1 fully saturated rings. The predicted molar refractivity (Wildman–Crippen MR) is 90.8 cm³/mol. The Balaban J connectivity index is 0.00000176. The zero-order valence-electron chi connectivity index (χ0n) is 12.5. The highest BCUT2D eigenvalue weighted by Gasteiger charge is 2.26. The number of likely N-dealkylation sites (tertiary alicyclic amines) is 1. The number of carbonyl (C=O) groups excluding carboxylic acids is 1. The summed E-state index contributed by atoms with van der Waals surface area (Å²) in [6.07, 6.45) is 3.90. The maximum absolute atomic E-state index is 12.6. The molecule has 0 bridgehead atoms. The van der Waals surface area contributed by atoms with E-state index in [9.17, 15) is 4.79 Å². The minimum atomic E-state index is 0. The Morgan fingerprint density at radius 1 is 1.36 bits per heavy atom. The fourth-order valence-corrected chi connectivity index (χ4v) is 3.03. The summed E-state index contributed by atoms with van der Waals surface area (Å²) in [6.45, 7) is 1.92. The van der Waals surface area contributed by atoms with Crippen LogP contribution in [0.15, 0.2) is 23.8 Å². The van der Waals surface area contributed by atoms with Crippen molar-refractivity contribution < 1.29 is 9.53 Å². The second-order valence-electron chi connectivity index (χ2n) is 5.50. The lowest BCUT2D eigenvalue weighted by Crippen LogP contribution is -2.45. The van der Waals surface area contributed by atoms with Gasteiger partial charge in [-0.2, -0.15) is 0 Å². The normalized spacial score (nSPS) is 17.9. The van der Waals surface area contributed by atoms with E-state index in [0.29, 0.717) is 23.2 Å². The van der Waals surface area contributed by atoms with Crippen molar-refractivity contribution >= 4 is 36.0 Å². The van der Waals surface area contributed by atoms with Crippen molar-refractivity contribution in [3.8, 4) is 5.75 Å². The van der Waals surface area contributed by atoms with Gasteiger partial charge in [0.25, 0.3) is 5.91 Å². The third kappa shape index (κ3) is 3.57. The quantitative estimate of drug-likeness (QED) is 0.898. The molecule has 0 saturated carbocycles. The first-order chi connectivity index (χ1) is 10.2. The van der Waals surface area contributed by atoms with E-state index < -0.39 is 0 Å². The van der Waals surface area contributed by atoms with Crippen molar-refractivity contribution in [3.63, 3.8) is 0 Å². The number of nitrogens with one attached hydrogen (secondary N) is 1. The molecule has 0 aliphatic carbocycles. The van der Waals surface area contributed by atoms with Gasteiger partial charge in [0.1, 0.15) is 12.4 Å². The second kappa shape index (κ2) is 7.36. The lowest BCUT2D eigenvalue weighted by atomic mass is 10.0. The molecule has 2 aliphatic heterocycles. The van der Waals surface area contributed by atoms with Crippen LogP contribution in [-0.2, 0) is 4.79 Å². The van der Waals surface area contributed by atoms with E-state index in [0.717, 1.165) is 37.2 Å². The number of piperidine rings is 1. The molecule has 4 nitrogen and oxygen atoms in total. The first-order valence-corrected chi connectivity index (χ1v) is 7.64. The first kappa shape index (κ1) is 17.1. The van der Waals surface area contributed by atoms with Crippen LogP contribution < -0.4 is 10.1 Å². The summed E-state index contributed by atoms with van der Waals surface area (Å²) in [4.78, 5) is 14.5. The number of carbonyl (C=O) groups is 1. The van der Waals surface area contributed by atoms with Gasteiger partial charge in [-0.25, -0.2) is 0 Å². The van der Waals surface area contributed by atoms with E-state index in [4.69, 9.17) is 16.3 Å². The maximum atomic E-state index is 12.6. The van der Waals surface area contributed by atoms with E-state index in [1.54, 1.807) is 6.07 Å². The fourth-order valence-electron chi connectivity index (χ4n) is 2.85. The van der Waals surface area contributed by atoms with Crippen molar-refractivity contribution in [3.05, 3.63) is 34.4 Å². The zero-order chi connectivity index (χ0) is 14.8. The van der Waals surface area contributed by atoms with E-state index in [2.05, 4.69) is 5.32 Å². The van der Waals surface area contributed by atoms with Gasteiger partial charge in [0.2, 0.25) is 0 Å². The largest absolute Gasteiger partial charge is 0.488 e. The summed E-state index contributed by atoms with van der Waals surface area (Å²) in [5, 5.41) is 3.92. The minimum Gasteiger partial charge on any atom is -0.488 e. The molecule has 2 heterocycles. The van der Waals surface area contributed by atoms with Gasteiger partial charge in [-0.05, 0) is 44.2 Å². The molecule has 0 aromatic heterocycles. The average molecular weight is 343 g/mol. The van der Waals surface area contributed by atoms with Crippen molar-refractivity contribution in [2.75, 3.05) is 26.7 Å². The predicted octanol–water partition coefficient (Wildman–Crippen LogP) is 2.75. The number of hydrogen-bond donors (Lipinski definition) is 1. The molecule has 0 radical (unpaired) electrons. The molecular weight excluding hydrogens is 323 g/mol. The molecule has 22 heavy (non-hydrogen) atoms. The van der Waals surface area contributed by atoms with Crippen LogP contribution in [0.4, 0.5) is 0 Å². The van der Waals surface area contributed by atoms with Gasteiger partial charge < -0.3 is 15.0 Å². The zero-order valence-corrected chi connectivity index (χ0v) is 14.0. The molecule has 3 rings (SSSR count). The standard InChI is InChI=1S/C16H19ClN2O2.ClH/c1-18-14-4-6-19(7-5-14)16(20)12-8-11-9-13(17)2-3-15(11)21-10-12;/h2-3,8-9,14,18H,4-7,10H2,1H3;1H. The SMILES string of the molecule is CNC1CCN(C(=O)C2=Cc3cc(Cl)ccc3OC2)CC1.Cl. The van der Waals surface area contributed by atoms with Crippen molar-refractivity contribution in [1.29, 1.82) is 0 Å². The molecule has 0 atom stereocenters. The lowest BCUT2D eigenvalue weighted by molar-refractivity contribution is -0.128. The Bertz CT molecular complexity index is 582. The van der Waals surface area contributed by atoms with Crippen LogP contribution in [0, 0.1) is 0 Å². The van der Waals surface area contributed by atoms with Gasteiger partial charge in [-0.15, -0.1) is 12.4 Å². The molecular formula is C16H20Cl2N2O2. The van der Waals surface area contributed by atoms with Crippen LogP contribution in [0.1, 0.15) is 18.4 Å². The summed E-state index contributed by atoms with van der Waals surface area (Å²) in [5.74, 6) is 0.861. The van der Waals surface area contributed by atoms with Gasteiger partial charge in [-0.3, -0.25) is 4.79 Å². The molecule has 1 N–H and O–H groups in total. The average Bonchev–Trinajstić information content (AvgIpc) is 2.53. The number of nitrogens with zero attached hydrogens (tertiary/aromatic N) is 1. The molecule has 1 aromatic rings. The van der Waals surface area contributed by atoms with Crippen molar-refractivity contribution in [2.24, 2.45) is 0 Å². The first-order valence-electron chi connectivity index (χ1n) is 7.27. The minimum absolute atomic E-state index is 0. The monoisotopic (exact) mass is 342 g/mol. The lowest BCUT2D eigenvalue weighted by Gasteiger charge is -2.33. The van der Waals surface area contributed by atoms with Crippen LogP contribution in [-0.4, -0.2) is 43.6 Å². The molecule has 1 saturated heterocycles. The Hall–Kier alpha value is -1.23. The number of halogens is 2. The second-order valence-corrected chi connectivity index (χ2v) is 5.93. The third-order valence-electron chi connectivity index (χ3n) is 4.15. The number of benzene rings is 1. The number of fused-ring (bicyclic) bond motifs is 1. The number of rotatable bonds is 2. The highest BCUT2D eigenvalue weighted by Crippen LogP contribution is 2.29. The fraction of sp³-hybridized carbons (Fsp3) is 0.438. The molecule has 120 valence electrons. The Morgan fingerprint density at radius 2 is 2.09 bits per heavy atom. The van der Waals surface area contributed by atoms with Crippen LogP contribution >= 0.6 is 24.0 Å². The smallest absolute Gasteiger partial charge is 0.253 e. The van der Waals surface area contributed by atoms with Crippen molar-refractivity contribution in [1.82, 2.24) is 10.2 Å². The molecule has 0 spiro atoms. The topological polar surface area (TPSA) is 41.6 Å². The highest BCUT2D eigenvalue weighted by atomic mass is 35.5. The Labute approximate surface area is 141 Å². The molecule has 2 aliphatic rings. The Kier molecular flexibility index (Phi) is 5.73.